The van der Waals surface area contributed by atoms with E-state index < -0.39 is 0 Å². The normalized spacial score (nSPS) is 11.6. The molecule has 0 radical (unpaired) electrons. The fourth-order valence-electron chi connectivity index (χ4n) is 3.56. The molecule has 0 amide bonds. The number of furan rings is 1. The Morgan fingerprint density at radius 1 is 1.20 bits per heavy atom. The molecule has 0 aliphatic heterocycles. The molecule has 0 atom stereocenters. The van der Waals surface area contributed by atoms with Crippen molar-refractivity contribution in [3.8, 4) is 18.0 Å². The monoisotopic (exact) mass is 415 g/mol. The zero-order valence-electron chi connectivity index (χ0n) is 17.0. The van der Waals surface area contributed by atoms with Gasteiger partial charge in [-0.25, -0.2) is 4.98 Å². The molecule has 0 unspecified atom stereocenters. The van der Waals surface area contributed by atoms with E-state index in [9.17, 15) is 10.5 Å². The third kappa shape index (κ3) is 3.08. The number of nitrogens with zero attached hydrogens (tertiary/aromatic N) is 4. The number of nitrogens with one attached hydrogen (secondary N) is 1. The molecule has 0 saturated carbocycles. The molecule has 1 aromatic carbocycles. The van der Waals surface area contributed by atoms with Crippen LogP contribution in [0, 0.1) is 50.4 Å². The maximum absolute atomic E-state index is 9.75. The lowest BCUT2D eigenvalue weighted by molar-refractivity contribution is 0.503. The number of hydrogen-bond acceptors (Lipinski definition) is 4. The summed E-state index contributed by atoms with van der Waals surface area (Å²) in [6, 6.07) is 11.8. The van der Waals surface area contributed by atoms with Crippen molar-refractivity contribution < 1.29 is 4.42 Å². The van der Waals surface area contributed by atoms with Crippen LogP contribution in [-0.4, -0.2) is 14.5 Å². The maximum Gasteiger partial charge on any atom is 0.222 e. The highest BCUT2D eigenvalue weighted by Crippen LogP contribution is 2.30. The molecule has 3 heterocycles. The number of halogens is 1. The smallest absolute Gasteiger partial charge is 0.222 e. The standard InChI is InChI=1S/C23H18ClN5O/c1-12-7-16(14(3)29(12)23-19(11-26)13(2)15(4)30-23)8-17(10-25)22-27-20-6-5-18(24)9-21(20)28-22/h5-9H,1-4H3,(H,27,28)/b17-8+. The highest BCUT2D eigenvalue weighted by Gasteiger charge is 2.20. The van der Waals surface area contributed by atoms with Gasteiger partial charge in [-0.2, -0.15) is 10.5 Å². The minimum Gasteiger partial charge on any atom is -0.443 e. The average Bonchev–Trinajstić information content (AvgIpc) is 3.33. The van der Waals surface area contributed by atoms with Gasteiger partial charge < -0.3 is 9.40 Å². The molecule has 0 spiro atoms. The van der Waals surface area contributed by atoms with Crippen LogP contribution in [0.5, 0.6) is 0 Å². The van der Waals surface area contributed by atoms with Gasteiger partial charge in [0.1, 0.15) is 29.3 Å². The van der Waals surface area contributed by atoms with Gasteiger partial charge in [-0.15, -0.1) is 0 Å². The number of allylic oxidation sites excluding steroid dienone is 1. The molecule has 6 nitrogen and oxygen atoms in total. The van der Waals surface area contributed by atoms with E-state index in [1.807, 2.05) is 44.4 Å². The summed E-state index contributed by atoms with van der Waals surface area (Å²) in [5.41, 5.74) is 5.86. The van der Waals surface area contributed by atoms with Crippen LogP contribution in [0.3, 0.4) is 0 Å². The Kier molecular flexibility index (Phi) is 4.73. The minimum atomic E-state index is 0.398. The number of rotatable bonds is 3. The van der Waals surface area contributed by atoms with E-state index in [-0.39, 0.29) is 0 Å². The molecule has 0 aliphatic carbocycles. The van der Waals surface area contributed by atoms with Crippen LogP contribution in [0.4, 0.5) is 0 Å². The van der Waals surface area contributed by atoms with E-state index in [0.717, 1.165) is 33.5 Å². The van der Waals surface area contributed by atoms with Crippen molar-refractivity contribution in [1.82, 2.24) is 14.5 Å². The number of imidazole rings is 1. The maximum atomic E-state index is 9.75. The molecule has 3 aromatic heterocycles. The SMILES string of the molecule is Cc1oc(-n2c(C)cc(/C=C(\C#N)c3nc4ccc(Cl)cc4[nH]3)c2C)c(C#N)c1C. The first-order valence-corrected chi connectivity index (χ1v) is 9.68. The van der Waals surface area contributed by atoms with Crippen LogP contribution >= 0.6 is 11.6 Å². The van der Waals surface area contributed by atoms with Gasteiger partial charge in [0.25, 0.3) is 0 Å². The first kappa shape index (κ1) is 19.6. The number of H-pyrrole nitrogens is 1. The van der Waals surface area contributed by atoms with Crippen molar-refractivity contribution in [2.75, 3.05) is 0 Å². The van der Waals surface area contributed by atoms with Crippen LogP contribution in [0.15, 0.2) is 28.7 Å². The number of fused-ring (bicyclic) bond motifs is 1. The Labute approximate surface area is 178 Å². The van der Waals surface area contributed by atoms with E-state index in [4.69, 9.17) is 16.0 Å². The van der Waals surface area contributed by atoms with E-state index in [1.165, 1.54) is 0 Å². The molecule has 148 valence electrons. The Morgan fingerprint density at radius 3 is 2.67 bits per heavy atom. The molecule has 1 N–H and O–H groups in total. The lowest BCUT2D eigenvalue weighted by Gasteiger charge is -2.06. The van der Waals surface area contributed by atoms with Gasteiger partial charge in [0.15, 0.2) is 0 Å². The predicted molar refractivity (Wildman–Crippen MR) is 116 cm³/mol. The molecule has 7 heteroatoms. The first-order chi connectivity index (χ1) is 14.3. The number of benzene rings is 1. The zero-order valence-corrected chi connectivity index (χ0v) is 17.7. The number of aromatic amines is 1. The second kappa shape index (κ2) is 7.26. The van der Waals surface area contributed by atoms with E-state index in [1.54, 1.807) is 18.2 Å². The highest BCUT2D eigenvalue weighted by atomic mass is 35.5. The second-order valence-electron chi connectivity index (χ2n) is 7.15. The topological polar surface area (TPSA) is 94.3 Å². The number of hydrogen-bond donors (Lipinski definition) is 1. The van der Waals surface area contributed by atoms with Gasteiger partial charge >= 0.3 is 0 Å². The van der Waals surface area contributed by atoms with Gasteiger partial charge in [0.05, 0.1) is 16.6 Å². The van der Waals surface area contributed by atoms with E-state index >= 15 is 0 Å². The average molecular weight is 416 g/mol. The summed E-state index contributed by atoms with van der Waals surface area (Å²) in [5.74, 6) is 1.69. The Balaban J connectivity index is 1.84. The van der Waals surface area contributed by atoms with Crippen LogP contribution in [0.2, 0.25) is 5.02 Å². The largest absolute Gasteiger partial charge is 0.443 e. The van der Waals surface area contributed by atoms with Crippen molar-refractivity contribution in [2.24, 2.45) is 0 Å². The fraction of sp³-hybridized carbons (Fsp3) is 0.174. The van der Waals surface area contributed by atoms with Crippen molar-refractivity contribution in [3.05, 3.63) is 69.0 Å². The Bertz CT molecular complexity index is 1420. The van der Waals surface area contributed by atoms with Crippen LogP contribution in [0.25, 0.3) is 28.6 Å². The molecular formula is C23H18ClN5O. The molecule has 4 rings (SSSR count). The summed E-state index contributed by atoms with van der Waals surface area (Å²) in [6.07, 6.45) is 1.78. The summed E-state index contributed by atoms with van der Waals surface area (Å²) in [5, 5.41) is 19.9. The lowest BCUT2D eigenvalue weighted by atomic mass is 10.1. The van der Waals surface area contributed by atoms with Crippen LogP contribution in [0.1, 0.15) is 39.7 Å². The van der Waals surface area contributed by atoms with Crippen molar-refractivity contribution in [2.45, 2.75) is 27.7 Å². The quantitative estimate of drug-likeness (QED) is 0.429. The second-order valence-corrected chi connectivity index (χ2v) is 7.59. The van der Waals surface area contributed by atoms with Gasteiger partial charge in [-0.05, 0) is 63.6 Å². The van der Waals surface area contributed by atoms with Gasteiger partial charge in [0, 0.05) is 22.0 Å². The van der Waals surface area contributed by atoms with Gasteiger partial charge in [-0.1, -0.05) is 11.6 Å². The van der Waals surface area contributed by atoms with Crippen molar-refractivity contribution >= 4 is 34.3 Å². The first-order valence-electron chi connectivity index (χ1n) is 9.31. The molecule has 0 aliphatic rings. The third-order valence-corrected chi connectivity index (χ3v) is 5.51. The molecular weight excluding hydrogens is 398 g/mol. The summed E-state index contributed by atoms with van der Waals surface area (Å²) < 4.78 is 7.79. The summed E-state index contributed by atoms with van der Waals surface area (Å²) in [7, 11) is 0. The number of aromatic nitrogens is 3. The molecule has 0 fully saturated rings. The highest BCUT2D eigenvalue weighted by molar-refractivity contribution is 6.31. The summed E-state index contributed by atoms with van der Waals surface area (Å²) >= 11 is 6.05. The molecule has 0 bridgehead atoms. The Morgan fingerprint density at radius 2 is 1.97 bits per heavy atom. The predicted octanol–water partition coefficient (Wildman–Crippen LogP) is 5.77. The Hall–Kier alpha value is -3.74. The fourth-order valence-corrected chi connectivity index (χ4v) is 3.73. The summed E-state index contributed by atoms with van der Waals surface area (Å²) in [6.45, 7) is 7.59. The van der Waals surface area contributed by atoms with Gasteiger partial charge in [-0.3, -0.25) is 4.57 Å². The minimum absolute atomic E-state index is 0.398. The van der Waals surface area contributed by atoms with E-state index in [2.05, 4.69) is 22.1 Å². The van der Waals surface area contributed by atoms with Gasteiger partial charge in [0.2, 0.25) is 5.88 Å². The third-order valence-electron chi connectivity index (χ3n) is 5.27. The van der Waals surface area contributed by atoms with Crippen LogP contribution < -0.4 is 0 Å². The number of aryl methyl sites for hydroxylation is 2. The van der Waals surface area contributed by atoms with E-state index in [0.29, 0.717) is 33.6 Å². The molecule has 4 aromatic rings. The number of nitriles is 2. The van der Waals surface area contributed by atoms with Crippen LogP contribution in [-0.2, 0) is 0 Å². The molecule has 30 heavy (non-hydrogen) atoms. The van der Waals surface area contributed by atoms with Crippen molar-refractivity contribution in [1.29, 1.82) is 10.5 Å². The summed E-state index contributed by atoms with van der Waals surface area (Å²) in [4.78, 5) is 7.66. The zero-order chi connectivity index (χ0) is 21.6. The van der Waals surface area contributed by atoms with Crippen molar-refractivity contribution in [3.63, 3.8) is 0 Å². The molecule has 0 saturated heterocycles. The lowest BCUT2D eigenvalue weighted by Crippen LogP contribution is -2.00.